The summed E-state index contributed by atoms with van der Waals surface area (Å²) in [6.07, 6.45) is -0.385. The van der Waals surface area contributed by atoms with Gasteiger partial charge in [-0.3, -0.25) is 4.79 Å². The normalized spacial score (nSPS) is 11.0. The zero-order valence-electron chi connectivity index (χ0n) is 29.5. The van der Waals surface area contributed by atoms with Crippen LogP contribution in [0.1, 0.15) is 67.5 Å². The van der Waals surface area contributed by atoms with Gasteiger partial charge in [0.25, 0.3) is 5.91 Å². The Balaban J connectivity index is 0.00000451. The minimum absolute atomic E-state index is 0. The van der Waals surface area contributed by atoms with Crippen molar-refractivity contribution >= 4 is 34.3 Å². The molecule has 50 heavy (non-hydrogen) atoms. The number of rotatable bonds is 11. The van der Waals surface area contributed by atoms with Gasteiger partial charge in [-0.05, 0) is 62.1 Å². The van der Waals surface area contributed by atoms with E-state index in [1.165, 1.54) is 30.3 Å². The van der Waals surface area contributed by atoms with E-state index in [-0.39, 0.29) is 61.9 Å². The van der Waals surface area contributed by atoms with Crippen LogP contribution in [0.25, 0.3) is 11.1 Å². The van der Waals surface area contributed by atoms with Crippen LogP contribution in [0.3, 0.4) is 0 Å². The Morgan fingerprint density at radius 1 is 0.800 bits per heavy atom. The molecule has 0 saturated heterocycles. The molecule has 0 radical (unpaired) electrons. The molecule has 3 amide bonds. The predicted molar refractivity (Wildman–Crippen MR) is 181 cm³/mol. The van der Waals surface area contributed by atoms with Gasteiger partial charge in [-0.2, -0.15) is 8.42 Å². The SMILES string of the molecule is CCCN(NC(=O)OC(C)(C)C)C(=O)c1ccc(-c2ccn(S(=O)(=O)NC(=O)OCc3ccccc3)c2C(=O)OCc2ccccc2)cc1.[H-].[Na+]. The van der Waals surface area contributed by atoms with E-state index in [2.05, 4.69) is 5.43 Å². The Kier molecular flexibility index (Phi) is 14.2. The second-order valence-electron chi connectivity index (χ2n) is 11.8. The fourth-order valence-corrected chi connectivity index (χ4v) is 5.54. The summed E-state index contributed by atoms with van der Waals surface area (Å²) < 4.78 is 45.1. The minimum atomic E-state index is -4.70. The van der Waals surface area contributed by atoms with Crippen LogP contribution in [-0.4, -0.2) is 53.6 Å². The summed E-state index contributed by atoms with van der Waals surface area (Å²) >= 11 is 0. The van der Waals surface area contributed by atoms with Crippen LogP contribution < -0.4 is 39.7 Å². The van der Waals surface area contributed by atoms with Crippen LogP contribution >= 0.6 is 0 Å². The van der Waals surface area contributed by atoms with E-state index in [1.807, 2.05) is 11.6 Å². The van der Waals surface area contributed by atoms with Crippen molar-refractivity contribution in [3.63, 3.8) is 0 Å². The number of amides is 3. The molecular weight excluding hydrogens is 675 g/mol. The van der Waals surface area contributed by atoms with Gasteiger partial charge < -0.3 is 15.6 Å². The summed E-state index contributed by atoms with van der Waals surface area (Å²) in [6, 6.07) is 24.9. The third-order valence-corrected chi connectivity index (χ3v) is 7.95. The Morgan fingerprint density at radius 3 is 1.90 bits per heavy atom. The first-order valence-electron chi connectivity index (χ1n) is 15.4. The zero-order chi connectivity index (χ0) is 35.6. The Hall–Kier alpha value is -4.63. The Morgan fingerprint density at radius 2 is 1.36 bits per heavy atom. The molecule has 4 aromatic rings. The summed E-state index contributed by atoms with van der Waals surface area (Å²) in [6.45, 7) is 6.83. The molecule has 0 fully saturated rings. The van der Waals surface area contributed by atoms with Crippen molar-refractivity contribution < 1.29 is 72.8 Å². The predicted octanol–water partition coefficient (Wildman–Crippen LogP) is 2.94. The maximum absolute atomic E-state index is 13.5. The Labute approximate surface area is 314 Å². The number of esters is 1. The van der Waals surface area contributed by atoms with Crippen LogP contribution in [0.2, 0.25) is 0 Å². The molecule has 260 valence electrons. The summed E-state index contributed by atoms with van der Waals surface area (Å²) in [5.74, 6) is -1.50. The molecule has 3 aromatic carbocycles. The van der Waals surface area contributed by atoms with E-state index in [0.29, 0.717) is 27.1 Å². The van der Waals surface area contributed by atoms with Gasteiger partial charge in [0.1, 0.15) is 18.8 Å². The van der Waals surface area contributed by atoms with Crippen molar-refractivity contribution in [2.24, 2.45) is 0 Å². The third kappa shape index (κ3) is 11.2. The third-order valence-electron chi connectivity index (χ3n) is 6.70. The van der Waals surface area contributed by atoms with Gasteiger partial charge >= 0.3 is 57.9 Å². The van der Waals surface area contributed by atoms with Gasteiger partial charge in [-0.25, -0.2) is 33.5 Å². The molecule has 0 aliphatic rings. The second kappa shape index (κ2) is 17.9. The number of ether oxygens (including phenoxy) is 3. The number of benzene rings is 3. The van der Waals surface area contributed by atoms with Crippen LogP contribution in [0.15, 0.2) is 97.2 Å². The molecule has 1 heterocycles. The average molecular weight is 715 g/mol. The van der Waals surface area contributed by atoms with E-state index in [4.69, 9.17) is 14.2 Å². The van der Waals surface area contributed by atoms with Crippen molar-refractivity contribution in [3.8, 4) is 11.1 Å². The summed E-state index contributed by atoms with van der Waals surface area (Å²) in [5.41, 5.74) is 3.34. The Bertz CT molecular complexity index is 1880. The first-order valence-corrected chi connectivity index (χ1v) is 16.8. The quantitative estimate of drug-likeness (QED) is 0.103. The molecule has 1 aromatic heterocycles. The standard InChI is InChI=1S/C35H38N4O9S.Na.H/c1-5-21-38(36-33(42)48-35(2,3)4)31(40)28-18-16-27(17-19-28)29-20-22-39(30(29)32(41)46-23-25-12-8-6-9-13-25)49(44,45)37-34(43)47-24-26-14-10-7-11-15-26;;/h6-20,22H,5,21,23-24H2,1-4H3,(H,36,42)(H,37,43);;/q;+1;-1. The van der Waals surface area contributed by atoms with Gasteiger partial charge in [0, 0.05) is 23.9 Å². The second-order valence-corrected chi connectivity index (χ2v) is 13.3. The van der Waals surface area contributed by atoms with Crippen molar-refractivity contribution in [1.29, 1.82) is 0 Å². The molecule has 2 N–H and O–H groups in total. The number of hydrazine groups is 1. The van der Waals surface area contributed by atoms with Gasteiger partial charge in [-0.15, -0.1) is 0 Å². The number of carbonyl (C=O) groups is 4. The zero-order valence-corrected chi connectivity index (χ0v) is 31.4. The summed E-state index contributed by atoms with van der Waals surface area (Å²) in [5, 5.41) is 1.14. The molecule has 4 rings (SSSR count). The maximum Gasteiger partial charge on any atom is 1.00 e. The van der Waals surface area contributed by atoms with Crippen LogP contribution in [-0.2, 0) is 37.6 Å². The number of hydrogen-bond donors (Lipinski definition) is 2. The summed E-state index contributed by atoms with van der Waals surface area (Å²) in [7, 11) is -4.70. The van der Waals surface area contributed by atoms with Gasteiger partial charge in [0.15, 0.2) is 5.69 Å². The number of carbonyl (C=O) groups excluding carboxylic acids is 4. The first-order chi connectivity index (χ1) is 23.3. The molecule has 15 heteroatoms. The number of nitrogens with one attached hydrogen (secondary N) is 2. The van der Waals surface area contributed by atoms with Crippen LogP contribution in [0, 0.1) is 0 Å². The monoisotopic (exact) mass is 714 g/mol. The van der Waals surface area contributed by atoms with E-state index in [1.54, 1.807) is 81.4 Å². The molecule has 0 saturated carbocycles. The van der Waals surface area contributed by atoms with E-state index >= 15 is 0 Å². The fraction of sp³-hybridized carbons (Fsp3) is 0.257. The molecule has 0 aliphatic carbocycles. The fourth-order valence-electron chi connectivity index (χ4n) is 4.54. The molecule has 13 nitrogen and oxygen atoms in total. The smallest absolute Gasteiger partial charge is 1.00 e. The molecule has 0 aliphatic heterocycles. The topological polar surface area (TPSA) is 162 Å². The molecule has 0 spiro atoms. The molecule has 0 atom stereocenters. The van der Waals surface area contributed by atoms with Crippen molar-refractivity contribution in [2.45, 2.75) is 52.9 Å². The van der Waals surface area contributed by atoms with Crippen molar-refractivity contribution in [3.05, 3.63) is 120 Å². The first kappa shape index (κ1) is 39.8. The average Bonchev–Trinajstić information content (AvgIpc) is 3.52. The largest absolute Gasteiger partial charge is 1.00 e. The van der Waals surface area contributed by atoms with Crippen molar-refractivity contribution in [2.75, 3.05) is 6.54 Å². The molecular formula is C35H39N4NaO9S. The number of nitrogens with zero attached hydrogens (tertiary/aromatic N) is 2. The van der Waals surface area contributed by atoms with Crippen LogP contribution in [0.4, 0.5) is 9.59 Å². The number of aromatic nitrogens is 1. The number of hydrogen-bond acceptors (Lipinski definition) is 9. The van der Waals surface area contributed by atoms with Crippen molar-refractivity contribution in [1.82, 2.24) is 19.1 Å². The molecule has 0 unspecified atom stereocenters. The molecule has 0 bridgehead atoms. The summed E-state index contributed by atoms with van der Waals surface area (Å²) in [4.78, 5) is 51.7. The van der Waals surface area contributed by atoms with E-state index in [0.717, 1.165) is 11.2 Å². The minimum Gasteiger partial charge on any atom is -1.00 e. The van der Waals surface area contributed by atoms with Gasteiger partial charge in [0.05, 0.1) is 0 Å². The van der Waals surface area contributed by atoms with Gasteiger partial charge in [0.2, 0.25) is 0 Å². The maximum atomic E-state index is 13.5. The van der Waals surface area contributed by atoms with E-state index < -0.39 is 45.6 Å². The van der Waals surface area contributed by atoms with E-state index in [9.17, 15) is 27.6 Å². The van der Waals surface area contributed by atoms with Crippen LogP contribution in [0.5, 0.6) is 0 Å². The van der Waals surface area contributed by atoms with Gasteiger partial charge in [-0.1, -0.05) is 79.7 Å².